The van der Waals surface area contributed by atoms with Gasteiger partial charge in [0.25, 0.3) is 0 Å². The molecule has 0 aliphatic heterocycles. The lowest BCUT2D eigenvalue weighted by Gasteiger charge is -2.33. The molecule has 27 heavy (non-hydrogen) atoms. The van der Waals surface area contributed by atoms with Gasteiger partial charge in [-0.05, 0) is 38.7 Å². The maximum atomic E-state index is 10.1. The molecule has 0 aromatic carbocycles. The van der Waals surface area contributed by atoms with Gasteiger partial charge in [0.05, 0.1) is 17.3 Å². The van der Waals surface area contributed by atoms with E-state index < -0.39 is 5.60 Å². The third-order valence-electron chi connectivity index (χ3n) is 5.37. The minimum Gasteiger partial charge on any atom is -0.390 e. The predicted octanol–water partition coefficient (Wildman–Crippen LogP) is 2.54. The molecule has 0 bridgehead atoms. The Bertz CT molecular complexity index is 1100. The highest BCUT2D eigenvalue weighted by atomic mass is 16.3. The molecule has 1 fully saturated rings. The third kappa shape index (κ3) is 3.02. The number of imidazole rings is 1. The Morgan fingerprint density at radius 1 is 1.15 bits per heavy atom. The van der Waals surface area contributed by atoms with Gasteiger partial charge in [0.2, 0.25) is 11.7 Å². The van der Waals surface area contributed by atoms with Gasteiger partial charge >= 0.3 is 0 Å². The normalized spacial score (nSPS) is 23.1. The van der Waals surface area contributed by atoms with Gasteiger partial charge in [-0.1, -0.05) is 0 Å². The third-order valence-corrected chi connectivity index (χ3v) is 5.37. The molecule has 138 valence electrons. The molecule has 1 saturated carbocycles. The zero-order chi connectivity index (χ0) is 18.4. The first kappa shape index (κ1) is 16.2. The van der Waals surface area contributed by atoms with Crippen LogP contribution in [0.5, 0.6) is 0 Å². The van der Waals surface area contributed by atoms with E-state index >= 15 is 0 Å². The lowest BCUT2D eigenvalue weighted by atomic mass is 9.84. The van der Waals surface area contributed by atoms with Crippen molar-refractivity contribution >= 4 is 17.2 Å². The van der Waals surface area contributed by atoms with E-state index in [1.165, 1.54) is 0 Å². The molecule has 1 aliphatic rings. The van der Waals surface area contributed by atoms with Crippen LogP contribution in [0.3, 0.4) is 0 Å². The van der Waals surface area contributed by atoms with Crippen molar-refractivity contribution in [1.29, 1.82) is 0 Å². The van der Waals surface area contributed by atoms with Crippen molar-refractivity contribution in [1.82, 2.24) is 29.0 Å². The average Bonchev–Trinajstić information content (AvgIpc) is 3.29. The Morgan fingerprint density at radius 3 is 2.85 bits per heavy atom. The van der Waals surface area contributed by atoms with Crippen LogP contribution in [0.4, 0.5) is 5.95 Å². The zero-order valence-corrected chi connectivity index (χ0v) is 15.1. The van der Waals surface area contributed by atoms with Gasteiger partial charge in [0.1, 0.15) is 0 Å². The van der Waals surface area contributed by atoms with Crippen molar-refractivity contribution in [3.8, 4) is 11.1 Å². The van der Waals surface area contributed by atoms with Crippen LogP contribution in [0.15, 0.2) is 43.2 Å². The van der Waals surface area contributed by atoms with Crippen LogP contribution in [0, 0.1) is 0 Å². The minimum absolute atomic E-state index is 0.297. The molecule has 2 N–H and O–H groups in total. The van der Waals surface area contributed by atoms with Crippen LogP contribution in [0.25, 0.3) is 22.4 Å². The number of hydrogen-bond donors (Lipinski definition) is 2. The Kier molecular flexibility index (Phi) is 3.61. The molecule has 8 heteroatoms. The average molecular weight is 363 g/mol. The molecule has 1 aliphatic carbocycles. The Balaban J connectivity index is 1.41. The zero-order valence-electron chi connectivity index (χ0n) is 15.1. The topological polar surface area (TPSA) is 92.6 Å². The van der Waals surface area contributed by atoms with Gasteiger partial charge in [0.15, 0.2) is 0 Å². The van der Waals surface area contributed by atoms with E-state index in [1.54, 1.807) is 6.20 Å². The standard InChI is InChI=1S/C19H21N7O/c1-19(27)5-2-14(3-6-19)23-17-21-11-16-15(4-8-26(16)24-17)13-10-22-18-20-7-9-25(18)12-13/h4,7-12,14,27H,2-3,5-6H2,1H3,(H,23,24)/t14-,19+. The summed E-state index contributed by atoms with van der Waals surface area (Å²) in [6, 6.07) is 2.32. The quantitative estimate of drug-likeness (QED) is 0.581. The first-order chi connectivity index (χ1) is 13.1. The second-order valence-electron chi connectivity index (χ2n) is 7.53. The first-order valence-corrected chi connectivity index (χ1v) is 9.20. The van der Waals surface area contributed by atoms with Crippen molar-refractivity contribution in [2.45, 2.75) is 44.2 Å². The molecule has 4 aromatic heterocycles. The van der Waals surface area contributed by atoms with Crippen LogP contribution in [0.1, 0.15) is 32.6 Å². The molecule has 4 aromatic rings. The number of rotatable bonds is 3. The lowest BCUT2D eigenvalue weighted by Crippen LogP contribution is -2.36. The molecule has 0 amide bonds. The van der Waals surface area contributed by atoms with Crippen LogP contribution >= 0.6 is 0 Å². The number of anilines is 1. The van der Waals surface area contributed by atoms with Crippen molar-refractivity contribution < 1.29 is 5.11 Å². The van der Waals surface area contributed by atoms with Crippen LogP contribution in [0.2, 0.25) is 0 Å². The Hall–Kier alpha value is -3.00. The Morgan fingerprint density at radius 2 is 2.00 bits per heavy atom. The molecular formula is C19H21N7O. The highest BCUT2D eigenvalue weighted by molar-refractivity contribution is 5.79. The fourth-order valence-corrected chi connectivity index (χ4v) is 3.73. The molecular weight excluding hydrogens is 342 g/mol. The smallest absolute Gasteiger partial charge is 0.241 e. The molecule has 0 radical (unpaired) electrons. The summed E-state index contributed by atoms with van der Waals surface area (Å²) in [5, 5.41) is 18.1. The second-order valence-corrected chi connectivity index (χ2v) is 7.53. The minimum atomic E-state index is -0.539. The number of aliphatic hydroxyl groups is 1. The van der Waals surface area contributed by atoms with E-state index in [4.69, 9.17) is 0 Å². The molecule has 0 unspecified atom stereocenters. The summed E-state index contributed by atoms with van der Waals surface area (Å²) in [4.78, 5) is 13.1. The first-order valence-electron chi connectivity index (χ1n) is 9.20. The fraction of sp³-hybridized carbons (Fsp3) is 0.368. The summed E-state index contributed by atoms with van der Waals surface area (Å²) in [6.07, 6.45) is 14.6. The van der Waals surface area contributed by atoms with Gasteiger partial charge in [-0.25, -0.2) is 19.5 Å². The Labute approximate surface area is 155 Å². The van der Waals surface area contributed by atoms with Crippen LogP contribution in [-0.2, 0) is 0 Å². The summed E-state index contributed by atoms with van der Waals surface area (Å²) in [7, 11) is 0. The van der Waals surface area contributed by atoms with Gasteiger partial charge in [-0.15, -0.1) is 5.10 Å². The lowest BCUT2D eigenvalue weighted by molar-refractivity contribution is 0.0195. The van der Waals surface area contributed by atoms with E-state index in [-0.39, 0.29) is 0 Å². The predicted molar refractivity (Wildman–Crippen MR) is 101 cm³/mol. The second kappa shape index (κ2) is 6.02. The van der Waals surface area contributed by atoms with E-state index in [9.17, 15) is 5.11 Å². The summed E-state index contributed by atoms with van der Waals surface area (Å²) in [5.74, 6) is 1.29. The number of nitrogens with zero attached hydrogens (tertiary/aromatic N) is 6. The number of hydrogen-bond acceptors (Lipinski definition) is 6. The highest BCUT2D eigenvalue weighted by Crippen LogP contribution is 2.29. The summed E-state index contributed by atoms with van der Waals surface area (Å²) < 4.78 is 3.73. The van der Waals surface area contributed by atoms with Crippen molar-refractivity contribution in [3.05, 3.63) is 43.2 Å². The van der Waals surface area contributed by atoms with E-state index in [0.29, 0.717) is 17.8 Å². The summed E-state index contributed by atoms with van der Waals surface area (Å²) in [5.41, 5.74) is 2.40. The molecule has 0 saturated heterocycles. The van der Waals surface area contributed by atoms with E-state index in [0.717, 1.165) is 42.3 Å². The van der Waals surface area contributed by atoms with Crippen molar-refractivity contribution in [2.24, 2.45) is 0 Å². The molecule has 0 atom stereocenters. The monoisotopic (exact) mass is 363 g/mol. The fourth-order valence-electron chi connectivity index (χ4n) is 3.73. The van der Waals surface area contributed by atoms with Gasteiger partial charge in [0, 0.05) is 48.2 Å². The van der Waals surface area contributed by atoms with E-state index in [1.807, 2.05) is 52.9 Å². The number of nitrogens with one attached hydrogen (secondary N) is 1. The van der Waals surface area contributed by atoms with Crippen molar-refractivity contribution in [3.63, 3.8) is 0 Å². The van der Waals surface area contributed by atoms with Crippen LogP contribution < -0.4 is 5.32 Å². The molecule has 0 spiro atoms. The molecule has 5 rings (SSSR count). The van der Waals surface area contributed by atoms with Gasteiger partial charge < -0.3 is 10.4 Å². The van der Waals surface area contributed by atoms with Gasteiger partial charge in [-0.2, -0.15) is 0 Å². The van der Waals surface area contributed by atoms with Crippen molar-refractivity contribution in [2.75, 3.05) is 5.32 Å². The summed E-state index contributed by atoms with van der Waals surface area (Å²) in [6.45, 7) is 1.91. The van der Waals surface area contributed by atoms with Crippen LogP contribution in [-0.4, -0.2) is 45.7 Å². The maximum Gasteiger partial charge on any atom is 0.241 e. The largest absolute Gasteiger partial charge is 0.390 e. The SMILES string of the molecule is C[C@]1(O)CC[C@@H](Nc2ncc3c(-c4cnc5nccn5c4)ccn3n2)CC1. The number of fused-ring (bicyclic) bond motifs is 2. The highest BCUT2D eigenvalue weighted by Gasteiger charge is 2.28. The number of aromatic nitrogens is 6. The summed E-state index contributed by atoms with van der Waals surface area (Å²) >= 11 is 0. The maximum absolute atomic E-state index is 10.1. The van der Waals surface area contributed by atoms with E-state index in [2.05, 4.69) is 25.4 Å². The molecule has 4 heterocycles. The molecule has 8 nitrogen and oxygen atoms in total. The van der Waals surface area contributed by atoms with Gasteiger partial charge in [-0.3, -0.25) is 4.40 Å².